The van der Waals surface area contributed by atoms with Crippen molar-refractivity contribution >= 4 is 0 Å². The van der Waals surface area contributed by atoms with E-state index in [1.807, 2.05) is 13.8 Å². The molecule has 1 saturated heterocycles. The molecule has 1 aromatic carbocycles. The molecule has 3 rings (SSSR count). The Morgan fingerprint density at radius 1 is 1.12 bits per heavy atom. The highest BCUT2D eigenvalue weighted by atomic mass is 15.2. The first kappa shape index (κ1) is 11.7. The lowest BCUT2D eigenvalue weighted by Crippen LogP contribution is -2.32. The molecule has 0 bridgehead atoms. The molecular weight excluding hydrogens is 194 g/mol. The second-order valence-corrected chi connectivity index (χ2v) is 4.68. The van der Waals surface area contributed by atoms with Gasteiger partial charge in [-0.05, 0) is 36.4 Å². The lowest BCUT2D eigenvalue weighted by molar-refractivity contribution is 0.225. The quantitative estimate of drug-likeness (QED) is 0.635. The van der Waals surface area contributed by atoms with Gasteiger partial charge in [-0.3, -0.25) is 4.90 Å². The minimum atomic E-state index is 0.723. The van der Waals surface area contributed by atoms with Gasteiger partial charge in [0.15, 0.2) is 0 Å². The van der Waals surface area contributed by atoms with Crippen molar-refractivity contribution in [3.8, 4) is 0 Å². The van der Waals surface area contributed by atoms with Gasteiger partial charge in [0.25, 0.3) is 0 Å². The molecule has 2 aliphatic heterocycles. The van der Waals surface area contributed by atoms with Crippen molar-refractivity contribution in [3.63, 3.8) is 0 Å². The van der Waals surface area contributed by atoms with Crippen molar-refractivity contribution in [2.45, 2.75) is 45.6 Å². The molecule has 0 spiro atoms. The van der Waals surface area contributed by atoms with Crippen LogP contribution >= 0.6 is 0 Å². The summed E-state index contributed by atoms with van der Waals surface area (Å²) >= 11 is 0. The summed E-state index contributed by atoms with van der Waals surface area (Å²) in [6.07, 6.45) is 2.75. The molecule has 0 amide bonds. The van der Waals surface area contributed by atoms with E-state index in [0.717, 1.165) is 12.0 Å². The van der Waals surface area contributed by atoms with Crippen molar-refractivity contribution in [1.29, 1.82) is 0 Å². The average molecular weight is 217 g/mol. The molecule has 0 saturated carbocycles. The molecule has 0 aromatic heterocycles. The first-order chi connectivity index (χ1) is 7.86. The summed E-state index contributed by atoms with van der Waals surface area (Å²) in [5.74, 6) is 0.723. The number of benzene rings is 1. The Balaban J connectivity index is 0.000000457. The SMILES string of the molecule is CC.C[C@H]1CN2CCC[C@@H]2c2ccccc21. The average Bonchev–Trinajstić information content (AvgIpc) is 2.80. The van der Waals surface area contributed by atoms with Crippen LogP contribution in [-0.2, 0) is 0 Å². The summed E-state index contributed by atoms with van der Waals surface area (Å²) in [6, 6.07) is 9.75. The molecule has 0 unspecified atom stereocenters. The maximum absolute atomic E-state index is 2.66. The van der Waals surface area contributed by atoms with Crippen molar-refractivity contribution in [2.24, 2.45) is 0 Å². The van der Waals surface area contributed by atoms with Crippen molar-refractivity contribution in [1.82, 2.24) is 4.90 Å². The topological polar surface area (TPSA) is 3.24 Å². The second kappa shape index (κ2) is 5.01. The third-order valence-electron chi connectivity index (χ3n) is 3.76. The van der Waals surface area contributed by atoms with Crippen LogP contribution in [0.15, 0.2) is 24.3 Å². The Kier molecular flexibility index (Phi) is 3.65. The third-order valence-corrected chi connectivity index (χ3v) is 3.76. The van der Waals surface area contributed by atoms with Crippen LogP contribution in [0.1, 0.15) is 56.7 Å². The molecule has 1 aromatic rings. The van der Waals surface area contributed by atoms with E-state index < -0.39 is 0 Å². The van der Waals surface area contributed by atoms with Gasteiger partial charge in [0.05, 0.1) is 0 Å². The number of fused-ring (bicyclic) bond motifs is 3. The standard InChI is InChI=1S/C13H17N.C2H6/c1-10-9-14-8-4-7-13(14)12-6-3-2-5-11(10)12;1-2/h2-3,5-6,10,13H,4,7-9H2,1H3;1-2H3/t10-,13+;/m0./s1. The van der Waals surface area contributed by atoms with Gasteiger partial charge in [0.2, 0.25) is 0 Å². The summed E-state index contributed by atoms with van der Waals surface area (Å²) < 4.78 is 0. The van der Waals surface area contributed by atoms with Crippen molar-refractivity contribution in [2.75, 3.05) is 13.1 Å². The van der Waals surface area contributed by atoms with Gasteiger partial charge in [-0.1, -0.05) is 45.0 Å². The molecule has 0 aliphatic carbocycles. The Morgan fingerprint density at radius 2 is 1.81 bits per heavy atom. The van der Waals surface area contributed by atoms with Crippen molar-refractivity contribution < 1.29 is 0 Å². The van der Waals surface area contributed by atoms with E-state index in [9.17, 15) is 0 Å². The van der Waals surface area contributed by atoms with Gasteiger partial charge in [0, 0.05) is 12.6 Å². The van der Waals surface area contributed by atoms with Gasteiger partial charge in [-0.25, -0.2) is 0 Å². The number of hydrogen-bond acceptors (Lipinski definition) is 1. The molecule has 0 radical (unpaired) electrons. The first-order valence-corrected chi connectivity index (χ1v) is 6.69. The highest BCUT2D eigenvalue weighted by Crippen LogP contribution is 2.41. The van der Waals surface area contributed by atoms with Crippen LogP contribution in [0.5, 0.6) is 0 Å². The molecule has 1 heteroatoms. The highest BCUT2D eigenvalue weighted by molar-refractivity contribution is 5.35. The van der Waals surface area contributed by atoms with E-state index in [0.29, 0.717) is 0 Å². The minimum absolute atomic E-state index is 0.723. The van der Waals surface area contributed by atoms with Gasteiger partial charge in [-0.15, -0.1) is 0 Å². The molecular formula is C15H23N. The predicted molar refractivity (Wildman–Crippen MR) is 69.8 cm³/mol. The summed E-state index contributed by atoms with van der Waals surface area (Å²) in [5, 5.41) is 0. The Morgan fingerprint density at radius 3 is 2.56 bits per heavy atom. The maximum atomic E-state index is 2.66. The molecule has 2 heterocycles. The van der Waals surface area contributed by atoms with Gasteiger partial charge < -0.3 is 0 Å². The zero-order chi connectivity index (χ0) is 11.5. The number of rotatable bonds is 0. The zero-order valence-corrected chi connectivity index (χ0v) is 10.7. The first-order valence-electron chi connectivity index (χ1n) is 6.69. The van der Waals surface area contributed by atoms with Crippen LogP contribution < -0.4 is 0 Å². The largest absolute Gasteiger partial charge is 0.296 e. The van der Waals surface area contributed by atoms with Crippen LogP contribution in [-0.4, -0.2) is 18.0 Å². The highest BCUT2D eigenvalue weighted by Gasteiger charge is 2.33. The fraction of sp³-hybridized carbons (Fsp3) is 0.600. The predicted octanol–water partition coefficient (Wildman–Crippen LogP) is 3.97. The van der Waals surface area contributed by atoms with Crippen LogP contribution in [0.2, 0.25) is 0 Å². The Bertz CT molecular complexity index is 345. The van der Waals surface area contributed by atoms with Gasteiger partial charge >= 0.3 is 0 Å². The van der Waals surface area contributed by atoms with Crippen LogP contribution in [0.4, 0.5) is 0 Å². The summed E-state index contributed by atoms with van der Waals surface area (Å²) in [7, 11) is 0. The van der Waals surface area contributed by atoms with Crippen LogP contribution in [0.25, 0.3) is 0 Å². The second-order valence-electron chi connectivity index (χ2n) is 4.68. The van der Waals surface area contributed by atoms with Gasteiger partial charge in [0.1, 0.15) is 0 Å². The van der Waals surface area contributed by atoms with Gasteiger partial charge in [-0.2, -0.15) is 0 Å². The van der Waals surface area contributed by atoms with E-state index >= 15 is 0 Å². The Hall–Kier alpha value is -0.820. The lowest BCUT2D eigenvalue weighted by Gasteiger charge is -2.35. The molecule has 88 valence electrons. The molecule has 2 atom stereocenters. The van der Waals surface area contributed by atoms with E-state index in [1.54, 1.807) is 11.1 Å². The van der Waals surface area contributed by atoms with E-state index in [4.69, 9.17) is 0 Å². The van der Waals surface area contributed by atoms with E-state index in [2.05, 4.69) is 36.1 Å². The van der Waals surface area contributed by atoms with Crippen LogP contribution in [0, 0.1) is 0 Å². The normalized spacial score (nSPS) is 27.7. The minimum Gasteiger partial charge on any atom is -0.296 e. The third kappa shape index (κ3) is 1.89. The lowest BCUT2D eigenvalue weighted by atomic mass is 9.87. The van der Waals surface area contributed by atoms with Crippen molar-refractivity contribution in [3.05, 3.63) is 35.4 Å². The molecule has 1 nitrogen and oxygen atoms in total. The number of nitrogens with zero attached hydrogens (tertiary/aromatic N) is 1. The van der Waals surface area contributed by atoms with E-state index in [-0.39, 0.29) is 0 Å². The summed E-state index contributed by atoms with van der Waals surface area (Å²) in [5.41, 5.74) is 3.19. The molecule has 1 fully saturated rings. The maximum Gasteiger partial charge on any atom is 0.0351 e. The molecule has 0 N–H and O–H groups in total. The summed E-state index contributed by atoms with van der Waals surface area (Å²) in [4.78, 5) is 2.66. The summed E-state index contributed by atoms with van der Waals surface area (Å²) in [6.45, 7) is 8.93. The fourth-order valence-corrected chi connectivity index (χ4v) is 3.11. The molecule has 16 heavy (non-hydrogen) atoms. The Labute approximate surface area is 99.5 Å². The zero-order valence-electron chi connectivity index (χ0n) is 10.7. The fourth-order valence-electron chi connectivity index (χ4n) is 3.11. The monoisotopic (exact) mass is 217 g/mol. The van der Waals surface area contributed by atoms with E-state index in [1.165, 1.54) is 25.9 Å². The smallest absolute Gasteiger partial charge is 0.0351 e. The number of hydrogen-bond donors (Lipinski definition) is 0. The molecule has 2 aliphatic rings. The van der Waals surface area contributed by atoms with Crippen LogP contribution in [0.3, 0.4) is 0 Å².